The quantitative estimate of drug-likeness (QED) is 0.826. The molecule has 0 atom stereocenters. The van der Waals surface area contributed by atoms with Crippen LogP contribution in [-0.4, -0.2) is 23.3 Å². The zero-order valence-electron chi connectivity index (χ0n) is 13.2. The molecule has 1 aromatic carbocycles. The van der Waals surface area contributed by atoms with Crippen LogP contribution in [-0.2, 0) is 0 Å². The fourth-order valence-electron chi connectivity index (χ4n) is 2.36. The Labute approximate surface area is 135 Å². The summed E-state index contributed by atoms with van der Waals surface area (Å²) in [7, 11) is 0. The topological polar surface area (TPSA) is 106 Å². The van der Waals surface area contributed by atoms with Crippen LogP contribution in [0.4, 0.5) is 11.5 Å². The lowest BCUT2D eigenvalue weighted by Gasteiger charge is -2.20. The average Bonchev–Trinajstić information content (AvgIpc) is 2.95. The number of nitriles is 2. The molecule has 0 aliphatic rings. The number of nitrogens with two attached hydrogens (primary N) is 1. The minimum absolute atomic E-state index is 0.0977. The van der Waals surface area contributed by atoms with E-state index in [2.05, 4.69) is 35.0 Å². The molecule has 0 aliphatic carbocycles. The first-order chi connectivity index (χ1) is 11.1. The highest BCUT2D eigenvalue weighted by Crippen LogP contribution is 2.23. The molecule has 0 bridgehead atoms. The van der Waals surface area contributed by atoms with Crippen molar-refractivity contribution in [1.29, 1.82) is 10.5 Å². The zero-order valence-corrected chi connectivity index (χ0v) is 13.2. The van der Waals surface area contributed by atoms with Crippen molar-refractivity contribution in [3.05, 3.63) is 41.1 Å². The van der Waals surface area contributed by atoms with Crippen molar-refractivity contribution in [2.45, 2.75) is 13.8 Å². The van der Waals surface area contributed by atoms with Crippen LogP contribution >= 0.6 is 0 Å². The number of rotatable bonds is 5. The van der Waals surface area contributed by atoms with Crippen molar-refractivity contribution in [3.63, 3.8) is 0 Å². The van der Waals surface area contributed by atoms with E-state index in [0.29, 0.717) is 11.3 Å². The lowest BCUT2D eigenvalue weighted by Crippen LogP contribution is -2.21. The van der Waals surface area contributed by atoms with Gasteiger partial charge in [0.2, 0.25) is 0 Å². The first kappa shape index (κ1) is 16.1. The summed E-state index contributed by atoms with van der Waals surface area (Å²) in [6, 6.07) is 12.0. The van der Waals surface area contributed by atoms with Crippen molar-refractivity contribution in [2.75, 3.05) is 23.7 Å². The van der Waals surface area contributed by atoms with Gasteiger partial charge in [-0.2, -0.15) is 15.6 Å². The van der Waals surface area contributed by atoms with Crippen LogP contribution in [0.2, 0.25) is 0 Å². The monoisotopic (exact) mass is 306 g/mol. The van der Waals surface area contributed by atoms with Crippen LogP contribution in [0.5, 0.6) is 0 Å². The molecule has 1 heterocycles. The molecular formula is C17H18N6. The third-order valence-electron chi connectivity index (χ3n) is 3.63. The summed E-state index contributed by atoms with van der Waals surface area (Å²) in [5.41, 5.74) is 8.48. The van der Waals surface area contributed by atoms with Gasteiger partial charge in [0.15, 0.2) is 5.82 Å². The van der Waals surface area contributed by atoms with E-state index in [0.717, 1.165) is 24.3 Å². The number of aromatic amines is 1. The van der Waals surface area contributed by atoms with Gasteiger partial charge in [-0.15, -0.1) is 0 Å². The molecule has 0 unspecified atom stereocenters. The van der Waals surface area contributed by atoms with Crippen LogP contribution < -0.4 is 10.6 Å². The largest absolute Gasteiger partial charge is 0.381 e. The van der Waals surface area contributed by atoms with Crippen LogP contribution in [0, 0.1) is 22.7 Å². The number of nitrogens with zero attached hydrogens (tertiary/aromatic N) is 4. The van der Waals surface area contributed by atoms with Crippen LogP contribution in [0.25, 0.3) is 11.6 Å². The maximum atomic E-state index is 9.36. The van der Waals surface area contributed by atoms with Gasteiger partial charge in [-0.05, 0) is 37.6 Å². The number of H-pyrrole nitrogens is 1. The third-order valence-corrected chi connectivity index (χ3v) is 3.63. The Hall–Kier alpha value is -3.25. The van der Waals surface area contributed by atoms with Crippen molar-refractivity contribution in [2.24, 2.45) is 0 Å². The highest BCUT2D eigenvalue weighted by Gasteiger charge is 2.14. The van der Waals surface area contributed by atoms with E-state index in [1.54, 1.807) is 6.08 Å². The third kappa shape index (κ3) is 3.33. The molecule has 3 N–H and O–H groups in total. The number of allylic oxidation sites excluding steroid dienone is 1. The van der Waals surface area contributed by atoms with Crippen molar-refractivity contribution in [1.82, 2.24) is 10.2 Å². The Kier molecular flexibility index (Phi) is 5.01. The highest BCUT2D eigenvalue weighted by atomic mass is 15.2. The maximum Gasteiger partial charge on any atom is 0.163 e. The molecule has 23 heavy (non-hydrogen) atoms. The van der Waals surface area contributed by atoms with Gasteiger partial charge in [0.25, 0.3) is 0 Å². The van der Waals surface area contributed by atoms with E-state index in [9.17, 15) is 5.26 Å². The lowest BCUT2D eigenvalue weighted by molar-refractivity contribution is 0.866. The summed E-state index contributed by atoms with van der Waals surface area (Å²) < 4.78 is 0. The summed E-state index contributed by atoms with van der Waals surface area (Å²) >= 11 is 0. The zero-order chi connectivity index (χ0) is 16.8. The number of benzene rings is 1. The first-order valence-corrected chi connectivity index (χ1v) is 7.35. The van der Waals surface area contributed by atoms with Gasteiger partial charge in [-0.1, -0.05) is 12.1 Å². The molecule has 2 rings (SSSR count). The number of aromatic nitrogens is 2. The maximum absolute atomic E-state index is 9.36. The van der Waals surface area contributed by atoms with Gasteiger partial charge in [0.1, 0.15) is 17.7 Å². The van der Waals surface area contributed by atoms with E-state index in [-0.39, 0.29) is 11.4 Å². The second kappa shape index (κ2) is 7.15. The molecule has 0 radical (unpaired) electrons. The average molecular weight is 306 g/mol. The number of hydrogen-bond donors (Lipinski definition) is 2. The second-order valence-electron chi connectivity index (χ2n) is 4.90. The standard InChI is InChI=1S/C17H18N6/c1-3-23(4-2)14-7-5-12(6-8-14)9-13(10-18)16-15(11-19)17(20)22-21-16/h5-9H,3-4H2,1-2H3,(H3,20,21,22)/b13-9+. The summed E-state index contributed by atoms with van der Waals surface area (Å²) in [6.07, 6.45) is 1.71. The summed E-state index contributed by atoms with van der Waals surface area (Å²) in [4.78, 5) is 2.24. The van der Waals surface area contributed by atoms with Gasteiger partial charge in [-0.3, -0.25) is 5.10 Å². The Balaban J connectivity index is 2.36. The molecule has 0 amide bonds. The predicted molar refractivity (Wildman–Crippen MR) is 91.2 cm³/mol. The molecule has 0 saturated heterocycles. The van der Waals surface area contributed by atoms with Gasteiger partial charge in [0, 0.05) is 18.8 Å². The Morgan fingerprint density at radius 2 is 1.91 bits per heavy atom. The fraction of sp³-hybridized carbons (Fsp3) is 0.235. The predicted octanol–water partition coefficient (Wildman–Crippen LogP) is 2.77. The molecule has 0 spiro atoms. The molecule has 0 saturated carbocycles. The van der Waals surface area contributed by atoms with Gasteiger partial charge in [0.05, 0.1) is 11.3 Å². The first-order valence-electron chi connectivity index (χ1n) is 7.35. The molecular weight excluding hydrogens is 288 g/mol. The van der Waals surface area contributed by atoms with Crippen LogP contribution in [0.1, 0.15) is 30.7 Å². The second-order valence-corrected chi connectivity index (χ2v) is 4.90. The van der Waals surface area contributed by atoms with Gasteiger partial charge in [-0.25, -0.2) is 0 Å². The van der Waals surface area contributed by atoms with Crippen molar-refractivity contribution < 1.29 is 0 Å². The smallest absolute Gasteiger partial charge is 0.163 e. The molecule has 116 valence electrons. The Bertz CT molecular complexity index is 782. The van der Waals surface area contributed by atoms with E-state index in [4.69, 9.17) is 11.0 Å². The summed E-state index contributed by atoms with van der Waals surface area (Å²) in [5, 5.41) is 24.9. The molecule has 1 aromatic heterocycles. The SMILES string of the molecule is CCN(CC)c1ccc(/C=C(\C#N)c2[nH]nc(N)c2C#N)cc1. The number of nitrogen functional groups attached to an aromatic ring is 1. The van der Waals surface area contributed by atoms with E-state index >= 15 is 0 Å². The summed E-state index contributed by atoms with van der Waals surface area (Å²) in [6.45, 7) is 6.09. The normalized spacial score (nSPS) is 10.9. The molecule has 0 fully saturated rings. The van der Waals surface area contributed by atoms with Gasteiger partial charge >= 0.3 is 0 Å². The Morgan fingerprint density at radius 3 is 2.43 bits per heavy atom. The molecule has 2 aromatic rings. The minimum atomic E-state index is 0.0977. The molecule has 0 aliphatic heterocycles. The van der Waals surface area contributed by atoms with Crippen molar-refractivity contribution in [3.8, 4) is 12.1 Å². The summed E-state index contributed by atoms with van der Waals surface area (Å²) in [5.74, 6) is 0.0977. The van der Waals surface area contributed by atoms with E-state index in [1.165, 1.54) is 0 Å². The molecule has 6 heteroatoms. The minimum Gasteiger partial charge on any atom is -0.381 e. The molecule has 6 nitrogen and oxygen atoms in total. The van der Waals surface area contributed by atoms with Crippen LogP contribution in [0.15, 0.2) is 24.3 Å². The number of hydrogen-bond acceptors (Lipinski definition) is 5. The van der Waals surface area contributed by atoms with E-state index in [1.807, 2.05) is 30.3 Å². The fourth-order valence-corrected chi connectivity index (χ4v) is 2.36. The van der Waals surface area contributed by atoms with Crippen molar-refractivity contribution >= 4 is 23.2 Å². The number of anilines is 2. The highest BCUT2D eigenvalue weighted by molar-refractivity contribution is 5.91. The van der Waals surface area contributed by atoms with Crippen LogP contribution in [0.3, 0.4) is 0 Å². The lowest BCUT2D eigenvalue weighted by atomic mass is 10.1. The number of nitrogens with one attached hydrogen (secondary N) is 1. The van der Waals surface area contributed by atoms with E-state index < -0.39 is 0 Å². The van der Waals surface area contributed by atoms with Gasteiger partial charge < -0.3 is 10.6 Å². The Morgan fingerprint density at radius 1 is 1.26 bits per heavy atom.